The standard InChI is InChI=1S/C20H18F4N2O2/c21-16-7-3-13(4-8-16)19(28)26-11-1-2-14(12-26)18(27)25-17-9-5-15(6-10-17)20(22,23)24/h3-10,14H,1-2,11-12H2,(H,25,27). The van der Waals surface area contributed by atoms with Gasteiger partial charge in [0.25, 0.3) is 5.91 Å². The van der Waals surface area contributed by atoms with Crippen LogP contribution in [-0.4, -0.2) is 29.8 Å². The van der Waals surface area contributed by atoms with Gasteiger partial charge in [0.15, 0.2) is 0 Å². The van der Waals surface area contributed by atoms with Gasteiger partial charge in [-0.15, -0.1) is 0 Å². The summed E-state index contributed by atoms with van der Waals surface area (Å²) in [5.41, 5.74) is -0.190. The fraction of sp³-hybridized carbons (Fsp3) is 0.300. The molecule has 2 aromatic carbocycles. The van der Waals surface area contributed by atoms with E-state index in [4.69, 9.17) is 0 Å². The minimum Gasteiger partial charge on any atom is -0.338 e. The van der Waals surface area contributed by atoms with Crippen LogP contribution in [0.1, 0.15) is 28.8 Å². The number of halogens is 4. The minimum absolute atomic E-state index is 0.197. The van der Waals surface area contributed by atoms with Gasteiger partial charge in [0.1, 0.15) is 5.82 Å². The number of hydrogen-bond acceptors (Lipinski definition) is 2. The Kier molecular flexibility index (Phi) is 5.67. The average Bonchev–Trinajstić information content (AvgIpc) is 2.68. The lowest BCUT2D eigenvalue weighted by atomic mass is 9.96. The predicted octanol–water partition coefficient (Wildman–Crippen LogP) is 4.34. The second-order valence-electron chi connectivity index (χ2n) is 6.66. The maximum Gasteiger partial charge on any atom is 0.416 e. The molecule has 2 amide bonds. The molecule has 0 radical (unpaired) electrons. The van der Waals surface area contributed by atoms with E-state index in [9.17, 15) is 27.2 Å². The lowest BCUT2D eigenvalue weighted by Crippen LogP contribution is -2.43. The molecule has 0 spiro atoms. The van der Waals surface area contributed by atoms with Crippen molar-refractivity contribution in [2.24, 2.45) is 5.92 Å². The minimum atomic E-state index is -4.44. The molecule has 0 aromatic heterocycles. The van der Waals surface area contributed by atoms with E-state index in [1.54, 1.807) is 0 Å². The van der Waals surface area contributed by atoms with Crippen LogP contribution in [0.15, 0.2) is 48.5 Å². The first kappa shape index (κ1) is 19.9. The normalized spacial score (nSPS) is 17.3. The zero-order chi connectivity index (χ0) is 20.3. The molecular formula is C20H18F4N2O2. The van der Waals surface area contributed by atoms with Crippen molar-refractivity contribution in [3.8, 4) is 0 Å². The van der Waals surface area contributed by atoms with Gasteiger partial charge < -0.3 is 10.2 Å². The van der Waals surface area contributed by atoms with E-state index in [1.807, 2.05) is 0 Å². The molecule has 148 valence electrons. The average molecular weight is 394 g/mol. The Bertz CT molecular complexity index is 848. The quantitative estimate of drug-likeness (QED) is 0.788. The highest BCUT2D eigenvalue weighted by Gasteiger charge is 2.31. The highest BCUT2D eigenvalue weighted by Crippen LogP contribution is 2.30. The summed E-state index contributed by atoms with van der Waals surface area (Å²) in [5.74, 6) is -1.55. The highest BCUT2D eigenvalue weighted by molar-refractivity contribution is 5.96. The lowest BCUT2D eigenvalue weighted by molar-refractivity contribution is -0.137. The van der Waals surface area contributed by atoms with Gasteiger partial charge in [-0.25, -0.2) is 4.39 Å². The van der Waals surface area contributed by atoms with Gasteiger partial charge in [0.05, 0.1) is 11.5 Å². The van der Waals surface area contributed by atoms with Crippen LogP contribution in [0.3, 0.4) is 0 Å². The number of nitrogens with one attached hydrogen (secondary N) is 1. The maximum absolute atomic E-state index is 13.0. The Labute approximate surface area is 159 Å². The zero-order valence-electron chi connectivity index (χ0n) is 14.8. The van der Waals surface area contributed by atoms with Crippen LogP contribution < -0.4 is 5.32 Å². The summed E-state index contributed by atoms with van der Waals surface area (Å²) in [6.07, 6.45) is -3.25. The summed E-state index contributed by atoms with van der Waals surface area (Å²) in [4.78, 5) is 26.5. The number of amides is 2. The van der Waals surface area contributed by atoms with E-state index in [2.05, 4.69) is 5.32 Å². The summed E-state index contributed by atoms with van der Waals surface area (Å²) < 4.78 is 50.8. The van der Waals surface area contributed by atoms with Crippen molar-refractivity contribution < 1.29 is 27.2 Å². The molecule has 1 fully saturated rings. The first-order chi connectivity index (χ1) is 13.2. The van der Waals surface area contributed by atoms with Crippen molar-refractivity contribution in [2.75, 3.05) is 18.4 Å². The topological polar surface area (TPSA) is 49.4 Å². The smallest absolute Gasteiger partial charge is 0.338 e. The number of anilines is 1. The van der Waals surface area contributed by atoms with Crippen molar-refractivity contribution in [3.63, 3.8) is 0 Å². The predicted molar refractivity (Wildman–Crippen MR) is 95.1 cm³/mol. The van der Waals surface area contributed by atoms with Crippen LogP contribution in [-0.2, 0) is 11.0 Å². The number of carbonyl (C=O) groups is 2. The number of benzene rings is 2. The molecule has 28 heavy (non-hydrogen) atoms. The van der Waals surface area contributed by atoms with Gasteiger partial charge in [-0.2, -0.15) is 13.2 Å². The molecule has 8 heteroatoms. The van der Waals surface area contributed by atoms with Crippen molar-refractivity contribution >= 4 is 17.5 Å². The summed E-state index contributed by atoms with van der Waals surface area (Å²) in [6.45, 7) is 0.683. The van der Waals surface area contributed by atoms with E-state index < -0.39 is 23.5 Å². The monoisotopic (exact) mass is 394 g/mol. The number of nitrogens with zero attached hydrogens (tertiary/aromatic N) is 1. The van der Waals surface area contributed by atoms with E-state index in [-0.39, 0.29) is 24.0 Å². The Morgan fingerprint density at radius 2 is 1.64 bits per heavy atom. The molecule has 0 aliphatic carbocycles. The van der Waals surface area contributed by atoms with Crippen LogP contribution in [0, 0.1) is 11.7 Å². The van der Waals surface area contributed by atoms with Crippen molar-refractivity contribution in [1.29, 1.82) is 0 Å². The molecule has 1 N–H and O–H groups in total. The first-order valence-corrected chi connectivity index (χ1v) is 8.77. The number of alkyl halides is 3. The van der Waals surface area contributed by atoms with Crippen molar-refractivity contribution in [2.45, 2.75) is 19.0 Å². The third-order valence-electron chi connectivity index (χ3n) is 4.65. The number of piperidine rings is 1. The van der Waals surface area contributed by atoms with Gasteiger partial charge in [0, 0.05) is 24.3 Å². The summed E-state index contributed by atoms with van der Waals surface area (Å²) >= 11 is 0. The molecule has 1 aliphatic rings. The summed E-state index contributed by atoms with van der Waals surface area (Å²) in [7, 11) is 0. The molecule has 2 aromatic rings. The molecule has 4 nitrogen and oxygen atoms in total. The van der Waals surface area contributed by atoms with Gasteiger partial charge in [-0.1, -0.05) is 0 Å². The molecule has 0 saturated carbocycles. The van der Waals surface area contributed by atoms with Gasteiger partial charge in [0.2, 0.25) is 5.91 Å². The number of rotatable bonds is 3. The fourth-order valence-electron chi connectivity index (χ4n) is 3.14. The molecule has 1 atom stereocenters. The Morgan fingerprint density at radius 3 is 2.25 bits per heavy atom. The molecule has 3 rings (SSSR count). The maximum atomic E-state index is 13.0. The number of hydrogen-bond donors (Lipinski definition) is 1. The Morgan fingerprint density at radius 1 is 1.00 bits per heavy atom. The largest absolute Gasteiger partial charge is 0.416 e. The second kappa shape index (κ2) is 8.00. The van der Waals surface area contributed by atoms with E-state index in [1.165, 1.54) is 41.3 Å². The SMILES string of the molecule is O=C(Nc1ccc(C(F)(F)F)cc1)C1CCCN(C(=O)c2ccc(F)cc2)C1. The van der Waals surface area contributed by atoms with E-state index >= 15 is 0 Å². The van der Waals surface area contributed by atoms with Gasteiger partial charge in [-0.05, 0) is 61.4 Å². The number of likely N-dealkylation sites (tertiary alicyclic amines) is 1. The molecule has 1 heterocycles. The summed E-state index contributed by atoms with van der Waals surface area (Å²) in [6, 6.07) is 9.39. The second-order valence-corrected chi connectivity index (χ2v) is 6.66. The fourth-order valence-corrected chi connectivity index (χ4v) is 3.14. The number of carbonyl (C=O) groups excluding carboxylic acids is 2. The van der Waals surface area contributed by atoms with Crippen LogP contribution in [0.2, 0.25) is 0 Å². The highest BCUT2D eigenvalue weighted by atomic mass is 19.4. The Hall–Kier alpha value is -2.90. The molecule has 1 aliphatic heterocycles. The molecular weight excluding hydrogens is 376 g/mol. The zero-order valence-corrected chi connectivity index (χ0v) is 14.8. The van der Waals surface area contributed by atoms with Crippen LogP contribution in [0.25, 0.3) is 0 Å². The van der Waals surface area contributed by atoms with E-state index in [0.29, 0.717) is 24.9 Å². The van der Waals surface area contributed by atoms with Crippen LogP contribution >= 0.6 is 0 Å². The van der Waals surface area contributed by atoms with Crippen molar-refractivity contribution in [1.82, 2.24) is 4.90 Å². The van der Waals surface area contributed by atoms with Gasteiger partial charge >= 0.3 is 6.18 Å². The lowest BCUT2D eigenvalue weighted by Gasteiger charge is -2.32. The van der Waals surface area contributed by atoms with Crippen LogP contribution in [0.5, 0.6) is 0 Å². The summed E-state index contributed by atoms with van der Waals surface area (Å²) in [5, 5.41) is 2.60. The third kappa shape index (κ3) is 4.68. The molecule has 1 saturated heterocycles. The van der Waals surface area contributed by atoms with E-state index in [0.717, 1.165) is 12.1 Å². The molecule has 1 unspecified atom stereocenters. The third-order valence-corrected chi connectivity index (χ3v) is 4.65. The molecule has 0 bridgehead atoms. The van der Waals surface area contributed by atoms with Gasteiger partial charge in [-0.3, -0.25) is 9.59 Å². The Balaban J connectivity index is 1.62. The van der Waals surface area contributed by atoms with Crippen LogP contribution in [0.4, 0.5) is 23.2 Å². The first-order valence-electron chi connectivity index (χ1n) is 8.77. The van der Waals surface area contributed by atoms with Crippen molar-refractivity contribution in [3.05, 3.63) is 65.5 Å².